The molecule has 3 N–H and O–H groups in total. The second kappa shape index (κ2) is 5.50. The lowest BCUT2D eigenvalue weighted by atomic mass is 9.99. The van der Waals surface area contributed by atoms with Crippen LogP contribution in [0, 0.1) is 0 Å². The molecule has 2 heterocycles. The van der Waals surface area contributed by atoms with Crippen LogP contribution in [0.3, 0.4) is 0 Å². The van der Waals surface area contributed by atoms with Crippen molar-refractivity contribution in [3.8, 4) is 0 Å². The van der Waals surface area contributed by atoms with E-state index >= 15 is 0 Å². The lowest BCUT2D eigenvalue weighted by Crippen LogP contribution is -2.38. The van der Waals surface area contributed by atoms with Crippen molar-refractivity contribution in [1.82, 2.24) is 5.32 Å². The van der Waals surface area contributed by atoms with Crippen molar-refractivity contribution in [2.75, 3.05) is 6.54 Å². The van der Waals surface area contributed by atoms with E-state index in [4.69, 9.17) is 10.2 Å². The maximum absolute atomic E-state index is 11.2. The minimum Gasteiger partial charge on any atom is -0.469 e. The molecule has 2 aromatic heterocycles. The smallest absolute Gasteiger partial charge is 0.309 e. The summed E-state index contributed by atoms with van der Waals surface area (Å²) in [4.78, 5) is 21.8. The van der Waals surface area contributed by atoms with Gasteiger partial charge in [0.15, 0.2) is 0 Å². The number of primary amides is 1. The molecule has 0 aliphatic carbocycles. The monoisotopic (exact) mass is 264 g/mol. The zero-order valence-corrected chi connectivity index (χ0v) is 10.3. The summed E-state index contributed by atoms with van der Waals surface area (Å²) in [5, 5.41) is 6.41. The van der Waals surface area contributed by atoms with E-state index in [2.05, 4.69) is 5.32 Å². The van der Waals surface area contributed by atoms with Gasteiger partial charge in [-0.1, -0.05) is 0 Å². The summed E-state index contributed by atoms with van der Waals surface area (Å²) in [6, 6.07) is 5.57. The Labute approximate surface area is 108 Å². The van der Waals surface area contributed by atoms with Crippen LogP contribution in [-0.4, -0.2) is 18.4 Å². The van der Waals surface area contributed by atoms with Crippen molar-refractivity contribution in [1.29, 1.82) is 0 Å². The number of thiophene rings is 1. The predicted octanol–water partition coefficient (Wildman–Crippen LogP) is 1.07. The maximum atomic E-state index is 11.2. The predicted molar refractivity (Wildman–Crippen MR) is 67.1 cm³/mol. The number of rotatable bonds is 4. The summed E-state index contributed by atoms with van der Waals surface area (Å²) in [5.74, 6) is -1.16. The van der Waals surface area contributed by atoms with Gasteiger partial charge in [0.25, 0.3) is 0 Å². The molecular weight excluding hydrogens is 252 g/mol. The summed E-state index contributed by atoms with van der Waals surface area (Å²) < 4.78 is 5.35. The fourth-order valence-electron chi connectivity index (χ4n) is 1.63. The van der Waals surface area contributed by atoms with Crippen LogP contribution in [0.1, 0.15) is 17.2 Å². The molecule has 0 radical (unpaired) electrons. The fourth-order valence-corrected chi connectivity index (χ4v) is 2.34. The van der Waals surface area contributed by atoms with Gasteiger partial charge in [0, 0.05) is 6.54 Å². The van der Waals surface area contributed by atoms with Crippen LogP contribution in [0.5, 0.6) is 0 Å². The van der Waals surface area contributed by atoms with E-state index in [0.29, 0.717) is 0 Å². The van der Waals surface area contributed by atoms with E-state index < -0.39 is 11.8 Å². The van der Waals surface area contributed by atoms with E-state index in [1.807, 2.05) is 22.9 Å². The van der Waals surface area contributed by atoms with Crippen molar-refractivity contribution < 1.29 is 14.0 Å². The molecule has 0 bridgehead atoms. The Kier molecular flexibility index (Phi) is 3.78. The van der Waals surface area contributed by atoms with E-state index in [-0.39, 0.29) is 12.5 Å². The number of amides is 2. The molecule has 94 valence electrons. The first-order valence-electron chi connectivity index (χ1n) is 5.31. The topological polar surface area (TPSA) is 85.3 Å². The van der Waals surface area contributed by atoms with E-state index in [1.54, 1.807) is 23.7 Å². The second-order valence-corrected chi connectivity index (χ2v) is 4.48. The molecule has 2 rings (SSSR count). The third-order valence-electron chi connectivity index (χ3n) is 2.52. The van der Waals surface area contributed by atoms with Gasteiger partial charge in [0.1, 0.15) is 5.76 Å². The largest absolute Gasteiger partial charge is 0.469 e. The Bertz CT molecular complexity index is 485. The first-order valence-corrected chi connectivity index (χ1v) is 6.26. The molecule has 0 saturated heterocycles. The van der Waals surface area contributed by atoms with Gasteiger partial charge in [0.2, 0.25) is 0 Å². The van der Waals surface area contributed by atoms with Crippen LogP contribution >= 0.6 is 11.3 Å². The van der Waals surface area contributed by atoms with Crippen LogP contribution in [0.4, 0.5) is 0 Å². The Hall–Kier alpha value is -2.08. The zero-order valence-electron chi connectivity index (χ0n) is 9.46. The van der Waals surface area contributed by atoms with Crippen LogP contribution in [0.25, 0.3) is 0 Å². The summed E-state index contributed by atoms with van der Waals surface area (Å²) in [5.41, 5.74) is 5.91. The van der Waals surface area contributed by atoms with Gasteiger partial charge in [-0.3, -0.25) is 9.59 Å². The Morgan fingerprint density at radius 3 is 2.83 bits per heavy atom. The molecule has 0 aromatic carbocycles. The maximum Gasteiger partial charge on any atom is 0.309 e. The van der Waals surface area contributed by atoms with Gasteiger partial charge in [0.05, 0.1) is 12.2 Å². The third-order valence-corrected chi connectivity index (χ3v) is 3.22. The van der Waals surface area contributed by atoms with Crippen molar-refractivity contribution in [2.24, 2.45) is 5.73 Å². The molecule has 6 heteroatoms. The molecule has 0 aliphatic heterocycles. The molecule has 0 aliphatic rings. The van der Waals surface area contributed by atoms with Gasteiger partial charge in [-0.2, -0.15) is 11.3 Å². The average molecular weight is 264 g/mol. The van der Waals surface area contributed by atoms with E-state index in [9.17, 15) is 9.59 Å². The molecule has 18 heavy (non-hydrogen) atoms. The number of hydrogen-bond acceptors (Lipinski definition) is 4. The van der Waals surface area contributed by atoms with Gasteiger partial charge in [-0.25, -0.2) is 0 Å². The van der Waals surface area contributed by atoms with Crippen LogP contribution < -0.4 is 11.1 Å². The number of nitrogens with one attached hydrogen (secondary N) is 1. The molecule has 0 spiro atoms. The average Bonchev–Trinajstić information content (AvgIpc) is 3.01. The van der Waals surface area contributed by atoms with Gasteiger partial charge in [-0.15, -0.1) is 0 Å². The standard InChI is InChI=1S/C12H12N2O3S/c13-11(15)12(16)14-6-9(8-3-5-18-7-8)10-2-1-4-17-10/h1-5,7,9H,6H2,(H2,13,15)(H,14,16). The Balaban J connectivity index is 2.12. The molecule has 1 atom stereocenters. The summed E-state index contributed by atoms with van der Waals surface area (Å²) in [7, 11) is 0. The lowest BCUT2D eigenvalue weighted by molar-refractivity contribution is -0.137. The number of nitrogens with two attached hydrogens (primary N) is 1. The molecule has 2 amide bonds. The SMILES string of the molecule is NC(=O)C(=O)NCC(c1ccsc1)c1ccco1. The highest BCUT2D eigenvalue weighted by molar-refractivity contribution is 7.08. The molecular formula is C12H12N2O3S. The summed E-state index contributed by atoms with van der Waals surface area (Å²) in [6.07, 6.45) is 1.57. The second-order valence-electron chi connectivity index (χ2n) is 3.70. The molecule has 1 unspecified atom stereocenters. The normalized spacial score (nSPS) is 12.0. The molecule has 2 aromatic rings. The lowest BCUT2D eigenvalue weighted by Gasteiger charge is -2.13. The van der Waals surface area contributed by atoms with Crippen molar-refractivity contribution in [3.63, 3.8) is 0 Å². The van der Waals surface area contributed by atoms with Crippen LogP contribution in [-0.2, 0) is 9.59 Å². The number of hydrogen-bond donors (Lipinski definition) is 2. The minimum atomic E-state index is -0.987. The fraction of sp³-hybridized carbons (Fsp3) is 0.167. The minimum absolute atomic E-state index is 0.116. The number of carbonyl (C=O) groups excluding carboxylic acids is 2. The van der Waals surface area contributed by atoms with Crippen molar-refractivity contribution in [3.05, 3.63) is 46.5 Å². The molecule has 0 fully saturated rings. The van der Waals surface area contributed by atoms with Gasteiger partial charge < -0.3 is 15.5 Å². The van der Waals surface area contributed by atoms with E-state index in [1.165, 1.54) is 0 Å². The van der Waals surface area contributed by atoms with E-state index in [0.717, 1.165) is 11.3 Å². The van der Waals surface area contributed by atoms with Crippen molar-refractivity contribution >= 4 is 23.2 Å². The van der Waals surface area contributed by atoms with Gasteiger partial charge in [-0.05, 0) is 34.5 Å². The number of furan rings is 1. The molecule has 5 nitrogen and oxygen atoms in total. The van der Waals surface area contributed by atoms with Crippen molar-refractivity contribution in [2.45, 2.75) is 5.92 Å². The molecule has 0 saturated carbocycles. The number of carbonyl (C=O) groups is 2. The summed E-state index contributed by atoms with van der Waals surface area (Å²) in [6.45, 7) is 0.270. The highest BCUT2D eigenvalue weighted by Gasteiger charge is 2.19. The highest BCUT2D eigenvalue weighted by atomic mass is 32.1. The van der Waals surface area contributed by atoms with Crippen LogP contribution in [0.2, 0.25) is 0 Å². The Morgan fingerprint density at radius 2 is 2.28 bits per heavy atom. The summed E-state index contributed by atoms with van der Waals surface area (Å²) >= 11 is 1.56. The first-order chi connectivity index (χ1) is 8.68. The third kappa shape index (κ3) is 2.78. The first kappa shape index (κ1) is 12.4. The Morgan fingerprint density at radius 1 is 1.44 bits per heavy atom. The van der Waals surface area contributed by atoms with Crippen LogP contribution in [0.15, 0.2) is 39.6 Å². The zero-order chi connectivity index (χ0) is 13.0. The van der Waals surface area contributed by atoms with Gasteiger partial charge >= 0.3 is 11.8 Å². The highest BCUT2D eigenvalue weighted by Crippen LogP contribution is 2.26. The quantitative estimate of drug-likeness (QED) is 0.810.